The highest BCUT2D eigenvalue weighted by atomic mass is 16.6. The number of amides is 2. The summed E-state index contributed by atoms with van der Waals surface area (Å²) < 4.78 is 17.0. The summed E-state index contributed by atoms with van der Waals surface area (Å²) in [7, 11) is 1.47. The Hall–Kier alpha value is -2.16. The van der Waals surface area contributed by atoms with Gasteiger partial charge in [0, 0.05) is 30.3 Å². The number of aliphatic hydroxyl groups excluding tert-OH is 1. The van der Waals surface area contributed by atoms with Crippen molar-refractivity contribution in [2.45, 2.75) is 75.2 Å². The van der Waals surface area contributed by atoms with Crippen LogP contribution in [-0.4, -0.2) is 61.6 Å². The lowest BCUT2D eigenvalue weighted by Crippen LogP contribution is -2.48. The predicted octanol–water partition coefficient (Wildman–Crippen LogP) is 2.10. The van der Waals surface area contributed by atoms with Crippen LogP contribution in [0.3, 0.4) is 0 Å². The van der Waals surface area contributed by atoms with E-state index in [1.165, 1.54) is 26.4 Å². The van der Waals surface area contributed by atoms with Crippen LogP contribution in [0.2, 0.25) is 0 Å². The van der Waals surface area contributed by atoms with Crippen molar-refractivity contribution in [1.29, 1.82) is 0 Å². The molecule has 3 aliphatic rings. The van der Waals surface area contributed by atoms with E-state index in [0.717, 1.165) is 24.2 Å². The van der Waals surface area contributed by atoms with Crippen LogP contribution in [0.25, 0.3) is 0 Å². The third-order valence-electron chi connectivity index (χ3n) is 6.44. The smallest absolute Gasteiger partial charge is 0.250 e. The summed E-state index contributed by atoms with van der Waals surface area (Å²) in [6.45, 7) is -0.189. The lowest BCUT2D eigenvalue weighted by molar-refractivity contribution is -0.142. The van der Waals surface area contributed by atoms with E-state index in [4.69, 9.17) is 14.2 Å². The molecule has 0 bridgehead atoms. The molecule has 4 rings (SSSR count). The number of fused-ring (bicyclic) bond motifs is 3. The number of hydrogen-bond donors (Lipinski definition) is 3. The maximum Gasteiger partial charge on any atom is 0.250 e. The Morgan fingerprint density at radius 2 is 2.00 bits per heavy atom. The first-order chi connectivity index (χ1) is 15.1. The van der Waals surface area contributed by atoms with Gasteiger partial charge in [0.15, 0.2) is 0 Å². The number of aliphatic hydroxyl groups is 1. The van der Waals surface area contributed by atoms with Crippen LogP contribution < -0.4 is 15.4 Å². The molecule has 0 spiro atoms. The molecule has 0 radical (unpaired) electrons. The number of nitrogens with one attached hydrogen (secondary N) is 2. The van der Waals surface area contributed by atoms with Gasteiger partial charge in [0.25, 0.3) is 0 Å². The van der Waals surface area contributed by atoms with E-state index in [0.29, 0.717) is 12.1 Å². The lowest BCUT2D eigenvalue weighted by Gasteiger charge is -2.37. The molecule has 0 unspecified atom stereocenters. The maximum atomic E-state index is 12.6. The first-order valence-corrected chi connectivity index (χ1v) is 11.2. The van der Waals surface area contributed by atoms with Crippen LogP contribution in [0, 0.1) is 0 Å². The molecular formula is C23H32N2O6. The fourth-order valence-electron chi connectivity index (χ4n) is 5.04. The van der Waals surface area contributed by atoms with E-state index in [1.807, 2.05) is 12.1 Å². The van der Waals surface area contributed by atoms with Gasteiger partial charge >= 0.3 is 0 Å². The number of hydrogen-bond acceptors (Lipinski definition) is 6. The molecule has 170 valence electrons. The molecule has 2 heterocycles. The summed E-state index contributed by atoms with van der Waals surface area (Å²) in [4.78, 5) is 24.5. The molecule has 8 heteroatoms. The minimum Gasteiger partial charge on any atom is -0.487 e. The van der Waals surface area contributed by atoms with Crippen LogP contribution in [0.5, 0.6) is 5.75 Å². The van der Waals surface area contributed by atoms with Crippen molar-refractivity contribution in [3.8, 4) is 5.75 Å². The average Bonchev–Trinajstić information content (AvgIpc) is 3.12. The molecule has 1 saturated heterocycles. The molecule has 8 nitrogen and oxygen atoms in total. The predicted molar refractivity (Wildman–Crippen MR) is 114 cm³/mol. The van der Waals surface area contributed by atoms with Crippen molar-refractivity contribution in [2.24, 2.45) is 0 Å². The molecule has 1 saturated carbocycles. The molecule has 2 aliphatic heterocycles. The van der Waals surface area contributed by atoms with Gasteiger partial charge in [-0.05, 0) is 37.5 Å². The van der Waals surface area contributed by atoms with E-state index in [9.17, 15) is 14.7 Å². The second-order valence-electron chi connectivity index (χ2n) is 8.74. The zero-order valence-corrected chi connectivity index (χ0v) is 18.0. The van der Waals surface area contributed by atoms with Gasteiger partial charge in [-0.1, -0.05) is 19.3 Å². The van der Waals surface area contributed by atoms with Gasteiger partial charge in [0.1, 0.15) is 24.6 Å². The minimum absolute atomic E-state index is 0.00626. The number of carbonyl (C=O) groups excluding carboxylic acids is 2. The van der Waals surface area contributed by atoms with E-state index < -0.39 is 6.10 Å². The molecule has 3 N–H and O–H groups in total. The summed E-state index contributed by atoms with van der Waals surface area (Å²) in [5, 5.41) is 15.9. The van der Waals surface area contributed by atoms with Crippen LogP contribution >= 0.6 is 0 Å². The van der Waals surface area contributed by atoms with Crippen LogP contribution in [0.1, 0.15) is 56.4 Å². The summed E-state index contributed by atoms with van der Waals surface area (Å²) in [6, 6.07) is 5.79. The Morgan fingerprint density at radius 1 is 1.19 bits per heavy atom. The monoisotopic (exact) mass is 432 g/mol. The number of benzene rings is 1. The van der Waals surface area contributed by atoms with Crippen molar-refractivity contribution in [3.05, 3.63) is 23.8 Å². The number of carbonyl (C=O) groups is 2. The maximum absolute atomic E-state index is 12.6. The fourth-order valence-corrected chi connectivity index (χ4v) is 5.04. The number of anilines is 1. The van der Waals surface area contributed by atoms with Crippen molar-refractivity contribution >= 4 is 17.5 Å². The van der Waals surface area contributed by atoms with Crippen molar-refractivity contribution < 1.29 is 28.9 Å². The molecule has 1 aromatic carbocycles. The molecule has 1 aliphatic carbocycles. The average molecular weight is 433 g/mol. The molecule has 31 heavy (non-hydrogen) atoms. The third kappa shape index (κ3) is 5.19. The van der Waals surface area contributed by atoms with E-state index in [-0.39, 0.29) is 55.6 Å². The standard InChI is InChI=1S/C23H32N2O6/c1-29-13-22(28)25-15-7-8-19-17(9-15)18-10-16(30-20(12-26)23(18)31-19)11-21(27)24-14-5-3-2-4-6-14/h7-9,14,16,18,20,23,26H,2-6,10-13H2,1H3,(H,24,27)(H,25,28)/t16-,18+,20-,23-/m0/s1. The van der Waals surface area contributed by atoms with Crippen molar-refractivity contribution in [1.82, 2.24) is 5.32 Å². The molecule has 2 amide bonds. The first kappa shape index (κ1) is 22.0. The van der Waals surface area contributed by atoms with Gasteiger partial charge in [-0.15, -0.1) is 0 Å². The quantitative estimate of drug-likeness (QED) is 0.609. The molecule has 1 aromatic rings. The fraction of sp³-hybridized carbons (Fsp3) is 0.652. The Bertz CT molecular complexity index is 794. The van der Waals surface area contributed by atoms with E-state index in [2.05, 4.69) is 10.6 Å². The minimum atomic E-state index is -0.495. The Kier molecular flexibility index (Phi) is 7.09. The first-order valence-electron chi connectivity index (χ1n) is 11.2. The second kappa shape index (κ2) is 9.97. The zero-order chi connectivity index (χ0) is 21.8. The normalized spacial score (nSPS) is 27.7. The lowest BCUT2D eigenvalue weighted by atomic mass is 9.84. The Balaban J connectivity index is 1.43. The van der Waals surface area contributed by atoms with Gasteiger partial charge in [-0.2, -0.15) is 0 Å². The van der Waals surface area contributed by atoms with Gasteiger partial charge in [0.2, 0.25) is 11.8 Å². The summed E-state index contributed by atoms with van der Waals surface area (Å²) in [5.74, 6) is 0.504. The Morgan fingerprint density at radius 3 is 2.74 bits per heavy atom. The van der Waals surface area contributed by atoms with Gasteiger partial charge < -0.3 is 30.0 Å². The second-order valence-corrected chi connectivity index (χ2v) is 8.74. The van der Waals surface area contributed by atoms with Crippen LogP contribution in [0.4, 0.5) is 5.69 Å². The summed E-state index contributed by atoms with van der Waals surface area (Å²) in [6.07, 6.45) is 5.47. The molecular weight excluding hydrogens is 400 g/mol. The van der Waals surface area contributed by atoms with Gasteiger partial charge in [-0.3, -0.25) is 9.59 Å². The highest BCUT2D eigenvalue weighted by Crippen LogP contribution is 2.47. The zero-order valence-electron chi connectivity index (χ0n) is 18.0. The van der Waals surface area contributed by atoms with Gasteiger partial charge in [0.05, 0.1) is 19.1 Å². The number of ether oxygens (including phenoxy) is 3. The van der Waals surface area contributed by atoms with E-state index in [1.54, 1.807) is 6.07 Å². The van der Waals surface area contributed by atoms with Crippen LogP contribution in [0.15, 0.2) is 18.2 Å². The van der Waals surface area contributed by atoms with E-state index >= 15 is 0 Å². The molecule has 4 atom stereocenters. The third-order valence-corrected chi connectivity index (χ3v) is 6.44. The highest BCUT2D eigenvalue weighted by molar-refractivity contribution is 5.92. The Labute approximate surface area is 182 Å². The van der Waals surface area contributed by atoms with Crippen molar-refractivity contribution in [3.63, 3.8) is 0 Å². The SMILES string of the molecule is COCC(=O)Nc1ccc2c(c1)[C@H]1C[C@@H](CC(=O)NC3CCCCC3)O[C@@H](CO)[C@H]1O2. The topological polar surface area (TPSA) is 106 Å². The van der Waals surface area contributed by atoms with Crippen LogP contribution in [-0.2, 0) is 19.1 Å². The number of rotatable bonds is 7. The summed E-state index contributed by atoms with van der Waals surface area (Å²) >= 11 is 0. The molecule has 0 aromatic heterocycles. The largest absolute Gasteiger partial charge is 0.487 e. The highest BCUT2D eigenvalue weighted by Gasteiger charge is 2.46. The van der Waals surface area contributed by atoms with Crippen molar-refractivity contribution in [2.75, 3.05) is 25.6 Å². The summed E-state index contributed by atoms with van der Waals surface area (Å²) in [5.41, 5.74) is 1.64. The molecule has 2 fully saturated rings. The number of methoxy groups -OCH3 is 1. The van der Waals surface area contributed by atoms with Gasteiger partial charge in [-0.25, -0.2) is 0 Å².